The quantitative estimate of drug-likeness (QED) is 0.713. The summed E-state index contributed by atoms with van der Waals surface area (Å²) in [6.45, 7) is 6.62. The number of thiazole rings is 1. The highest BCUT2D eigenvalue weighted by Gasteiger charge is 2.32. The third kappa shape index (κ3) is 3.27. The molecule has 0 spiro atoms. The second-order valence-corrected chi connectivity index (χ2v) is 6.50. The predicted octanol–water partition coefficient (Wildman–Crippen LogP) is 4.43. The Labute approximate surface area is 113 Å². The van der Waals surface area contributed by atoms with Gasteiger partial charge in [0.05, 0.1) is 10.7 Å². The van der Waals surface area contributed by atoms with E-state index in [1.165, 1.54) is 5.69 Å². The summed E-state index contributed by atoms with van der Waals surface area (Å²) < 4.78 is 0. The Balaban J connectivity index is 2.83. The molecular weight excluding hydrogens is 338 g/mol. The zero-order valence-electron chi connectivity index (χ0n) is 9.39. The average molecular weight is 355 g/mol. The monoisotopic (exact) mass is 353 g/mol. The molecule has 0 aliphatic rings. The SMILES string of the molecule is Cc1nc(CC(CBr)(CBr)C(C)C)cs1. The minimum absolute atomic E-state index is 0.278. The number of hydrogen-bond acceptors (Lipinski definition) is 2. The van der Waals surface area contributed by atoms with E-state index < -0.39 is 0 Å². The average Bonchev–Trinajstić information content (AvgIpc) is 2.60. The molecule has 1 aromatic heterocycles. The van der Waals surface area contributed by atoms with Crippen LogP contribution in [-0.2, 0) is 6.42 Å². The van der Waals surface area contributed by atoms with Crippen LogP contribution < -0.4 is 0 Å². The lowest BCUT2D eigenvalue weighted by Crippen LogP contribution is -2.33. The highest BCUT2D eigenvalue weighted by molar-refractivity contribution is 9.09. The van der Waals surface area contributed by atoms with Gasteiger partial charge in [-0.3, -0.25) is 0 Å². The normalized spacial score (nSPS) is 12.4. The molecule has 0 saturated carbocycles. The fraction of sp³-hybridized carbons (Fsp3) is 0.727. The van der Waals surface area contributed by atoms with Crippen molar-refractivity contribution in [3.63, 3.8) is 0 Å². The van der Waals surface area contributed by atoms with Crippen LogP contribution in [0.15, 0.2) is 5.38 Å². The van der Waals surface area contributed by atoms with Gasteiger partial charge in [-0.25, -0.2) is 4.98 Å². The van der Waals surface area contributed by atoms with Gasteiger partial charge in [-0.05, 0) is 24.7 Å². The molecule has 1 heterocycles. The lowest BCUT2D eigenvalue weighted by atomic mass is 9.77. The summed E-state index contributed by atoms with van der Waals surface area (Å²) in [6, 6.07) is 0. The van der Waals surface area contributed by atoms with E-state index in [1.807, 2.05) is 0 Å². The van der Waals surface area contributed by atoms with Gasteiger partial charge >= 0.3 is 0 Å². The van der Waals surface area contributed by atoms with Crippen LogP contribution in [0.25, 0.3) is 0 Å². The van der Waals surface area contributed by atoms with Gasteiger partial charge in [0, 0.05) is 16.0 Å². The van der Waals surface area contributed by atoms with Crippen molar-refractivity contribution in [2.24, 2.45) is 11.3 Å². The molecule has 1 nitrogen and oxygen atoms in total. The second kappa shape index (κ2) is 5.78. The molecule has 0 N–H and O–H groups in total. The smallest absolute Gasteiger partial charge is 0.0897 e. The van der Waals surface area contributed by atoms with Crippen molar-refractivity contribution in [2.45, 2.75) is 27.2 Å². The maximum absolute atomic E-state index is 4.55. The Bertz CT molecular complexity index is 305. The van der Waals surface area contributed by atoms with Crippen molar-refractivity contribution < 1.29 is 0 Å². The molecule has 1 aromatic rings. The molecule has 15 heavy (non-hydrogen) atoms. The zero-order valence-corrected chi connectivity index (χ0v) is 13.4. The van der Waals surface area contributed by atoms with Crippen LogP contribution in [0.2, 0.25) is 0 Å². The Morgan fingerprint density at radius 3 is 2.33 bits per heavy atom. The summed E-state index contributed by atoms with van der Waals surface area (Å²) in [5.41, 5.74) is 1.51. The van der Waals surface area contributed by atoms with E-state index in [4.69, 9.17) is 0 Å². The van der Waals surface area contributed by atoms with Crippen molar-refractivity contribution in [3.8, 4) is 0 Å². The van der Waals surface area contributed by atoms with Crippen LogP contribution in [0.5, 0.6) is 0 Å². The summed E-state index contributed by atoms with van der Waals surface area (Å²) in [6.07, 6.45) is 1.05. The fourth-order valence-electron chi connectivity index (χ4n) is 1.49. The van der Waals surface area contributed by atoms with E-state index in [9.17, 15) is 0 Å². The summed E-state index contributed by atoms with van der Waals surface area (Å²) >= 11 is 9.02. The van der Waals surface area contributed by atoms with Gasteiger partial charge in [0.15, 0.2) is 0 Å². The van der Waals surface area contributed by atoms with E-state index in [0.717, 1.165) is 22.1 Å². The van der Waals surface area contributed by atoms with Gasteiger partial charge in [0.2, 0.25) is 0 Å². The molecular formula is C11H17Br2NS. The lowest BCUT2D eigenvalue weighted by molar-refractivity contribution is 0.265. The molecule has 0 aromatic carbocycles. The maximum atomic E-state index is 4.55. The predicted molar refractivity (Wildman–Crippen MR) is 75.4 cm³/mol. The van der Waals surface area contributed by atoms with Gasteiger partial charge in [-0.15, -0.1) is 11.3 Å². The minimum Gasteiger partial charge on any atom is -0.247 e. The maximum Gasteiger partial charge on any atom is 0.0897 e. The third-order valence-corrected chi connectivity index (χ3v) is 6.01. The Kier molecular flexibility index (Phi) is 5.26. The molecule has 4 heteroatoms. The molecule has 0 aliphatic heterocycles. The number of aromatic nitrogens is 1. The largest absolute Gasteiger partial charge is 0.247 e. The molecule has 0 atom stereocenters. The number of hydrogen-bond donors (Lipinski definition) is 0. The van der Waals surface area contributed by atoms with Crippen LogP contribution in [0.3, 0.4) is 0 Å². The fourth-order valence-corrected chi connectivity index (χ4v) is 4.73. The standard InChI is InChI=1S/C11H17Br2NS/c1-8(2)11(6-12,7-13)4-10-5-15-9(3)14-10/h5,8H,4,6-7H2,1-3H3. The zero-order chi connectivity index (χ0) is 11.5. The van der Waals surface area contributed by atoms with E-state index in [0.29, 0.717) is 5.92 Å². The first kappa shape index (κ1) is 13.7. The molecule has 0 saturated heterocycles. The van der Waals surface area contributed by atoms with Crippen LogP contribution in [0.4, 0.5) is 0 Å². The Hall–Kier alpha value is 0.590. The van der Waals surface area contributed by atoms with Crippen LogP contribution in [0, 0.1) is 18.3 Å². The highest BCUT2D eigenvalue weighted by atomic mass is 79.9. The Morgan fingerprint density at radius 2 is 2.00 bits per heavy atom. The number of nitrogens with zero attached hydrogens (tertiary/aromatic N) is 1. The van der Waals surface area contributed by atoms with Crippen molar-refractivity contribution in [3.05, 3.63) is 16.1 Å². The van der Waals surface area contributed by atoms with Crippen molar-refractivity contribution >= 4 is 43.2 Å². The number of rotatable bonds is 5. The molecule has 0 amide bonds. The first-order chi connectivity index (χ1) is 7.04. The first-order valence-electron chi connectivity index (χ1n) is 5.07. The van der Waals surface area contributed by atoms with Gasteiger partial charge in [0.25, 0.3) is 0 Å². The summed E-state index contributed by atoms with van der Waals surface area (Å²) in [4.78, 5) is 4.55. The molecule has 0 aliphatic carbocycles. The van der Waals surface area contributed by atoms with Crippen molar-refractivity contribution in [1.29, 1.82) is 0 Å². The van der Waals surface area contributed by atoms with E-state index >= 15 is 0 Å². The number of alkyl halides is 2. The highest BCUT2D eigenvalue weighted by Crippen LogP contribution is 2.35. The minimum atomic E-state index is 0.278. The van der Waals surface area contributed by atoms with Crippen molar-refractivity contribution in [1.82, 2.24) is 4.98 Å². The summed E-state index contributed by atoms with van der Waals surface area (Å²) in [5.74, 6) is 0.637. The lowest BCUT2D eigenvalue weighted by Gasteiger charge is -2.33. The Morgan fingerprint density at radius 1 is 1.40 bits per heavy atom. The molecule has 0 fully saturated rings. The summed E-state index contributed by atoms with van der Waals surface area (Å²) in [7, 11) is 0. The number of halogens is 2. The second-order valence-electron chi connectivity index (χ2n) is 4.32. The molecule has 86 valence electrons. The van der Waals surface area contributed by atoms with E-state index in [-0.39, 0.29) is 5.41 Å². The first-order valence-corrected chi connectivity index (χ1v) is 8.19. The van der Waals surface area contributed by atoms with Crippen LogP contribution in [0.1, 0.15) is 24.5 Å². The van der Waals surface area contributed by atoms with E-state index in [1.54, 1.807) is 11.3 Å². The molecule has 0 bridgehead atoms. The van der Waals surface area contributed by atoms with Gasteiger partial charge in [-0.1, -0.05) is 45.7 Å². The number of aryl methyl sites for hydroxylation is 1. The van der Waals surface area contributed by atoms with Gasteiger partial charge in [-0.2, -0.15) is 0 Å². The van der Waals surface area contributed by atoms with Crippen LogP contribution >= 0.6 is 43.2 Å². The molecule has 0 unspecified atom stereocenters. The molecule has 1 rings (SSSR count). The van der Waals surface area contributed by atoms with Gasteiger partial charge in [0.1, 0.15) is 0 Å². The topological polar surface area (TPSA) is 12.9 Å². The third-order valence-electron chi connectivity index (χ3n) is 2.96. The van der Waals surface area contributed by atoms with E-state index in [2.05, 4.69) is 63.0 Å². The summed E-state index contributed by atoms with van der Waals surface area (Å²) in [5, 5.41) is 5.36. The van der Waals surface area contributed by atoms with Crippen LogP contribution in [-0.4, -0.2) is 15.6 Å². The van der Waals surface area contributed by atoms with Gasteiger partial charge < -0.3 is 0 Å². The molecule has 0 radical (unpaired) electrons. The van der Waals surface area contributed by atoms with Crippen molar-refractivity contribution in [2.75, 3.05) is 10.7 Å².